The minimum Gasteiger partial charge on any atom is -0.489 e. The van der Waals surface area contributed by atoms with Crippen LogP contribution in [0, 0.1) is 5.92 Å². The van der Waals surface area contributed by atoms with Crippen molar-refractivity contribution in [1.29, 1.82) is 0 Å². The molecule has 24 heavy (non-hydrogen) atoms. The summed E-state index contributed by atoms with van der Waals surface area (Å²) in [5.74, 6) is 1.06. The van der Waals surface area contributed by atoms with E-state index in [9.17, 15) is 4.79 Å². The van der Waals surface area contributed by atoms with Crippen LogP contribution in [0.4, 0.5) is 0 Å². The Morgan fingerprint density at radius 3 is 3.00 bits per heavy atom. The number of nitrogens with one attached hydrogen (secondary N) is 1. The van der Waals surface area contributed by atoms with Crippen molar-refractivity contribution < 1.29 is 14.6 Å². The Morgan fingerprint density at radius 2 is 2.25 bits per heavy atom. The number of pyridine rings is 1. The van der Waals surface area contributed by atoms with Gasteiger partial charge in [-0.3, -0.25) is 9.20 Å². The Balaban J connectivity index is 1.74. The first-order valence-corrected chi connectivity index (χ1v) is 8.69. The molecule has 1 saturated carbocycles. The van der Waals surface area contributed by atoms with Gasteiger partial charge in [0.05, 0.1) is 19.4 Å². The van der Waals surface area contributed by atoms with E-state index in [1.807, 2.05) is 12.1 Å². The van der Waals surface area contributed by atoms with Gasteiger partial charge in [0, 0.05) is 12.2 Å². The van der Waals surface area contributed by atoms with Crippen molar-refractivity contribution in [2.75, 3.05) is 13.2 Å². The van der Waals surface area contributed by atoms with Crippen LogP contribution < -0.4 is 10.1 Å². The number of imidazole rings is 1. The molecule has 6 heteroatoms. The lowest BCUT2D eigenvalue weighted by atomic mass is 9.90. The van der Waals surface area contributed by atoms with Gasteiger partial charge in [0.25, 0.3) is 5.91 Å². The monoisotopic (exact) mass is 331 g/mol. The third-order valence-corrected chi connectivity index (χ3v) is 4.58. The third-order valence-electron chi connectivity index (χ3n) is 4.58. The topological polar surface area (TPSA) is 75.9 Å². The fourth-order valence-electron chi connectivity index (χ4n) is 3.17. The number of aromatic nitrogens is 2. The molecule has 0 bridgehead atoms. The first kappa shape index (κ1) is 16.8. The highest BCUT2D eigenvalue weighted by Crippen LogP contribution is 2.26. The van der Waals surface area contributed by atoms with Crippen molar-refractivity contribution in [1.82, 2.24) is 14.7 Å². The lowest BCUT2D eigenvalue weighted by Crippen LogP contribution is -2.35. The SMILES string of the molecule is C[C@@H](CO)NC(=O)c1cnc2c(OCC3CCCCC3)cccn12. The Morgan fingerprint density at radius 1 is 1.46 bits per heavy atom. The second-order valence-corrected chi connectivity index (χ2v) is 6.58. The normalized spacial score (nSPS) is 16.9. The lowest BCUT2D eigenvalue weighted by molar-refractivity contribution is 0.0916. The highest BCUT2D eigenvalue weighted by atomic mass is 16.5. The highest BCUT2D eigenvalue weighted by Gasteiger charge is 2.18. The molecule has 2 heterocycles. The number of hydrogen-bond donors (Lipinski definition) is 2. The summed E-state index contributed by atoms with van der Waals surface area (Å²) in [5, 5.41) is 11.8. The van der Waals surface area contributed by atoms with Gasteiger partial charge in [0.15, 0.2) is 11.4 Å². The van der Waals surface area contributed by atoms with Crippen LogP contribution >= 0.6 is 0 Å². The second-order valence-electron chi connectivity index (χ2n) is 6.58. The van der Waals surface area contributed by atoms with Crippen molar-refractivity contribution in [3.8, 4) is 5.75 Å². The fourth-order valence-corrected chi connectivity index (χ4v) is 3.17. The van der Waals surface area contributed by atoms with E-state index in [1.165, 1.54) is 32.1 Å². The van der Waals surface area contributed by atoms with Crippen molar-refractivity contribution in [3.05, 3.63) is 30.2 Å². The molecular formula is C18H25N3O3. The molecule has 1 amide bonds. The maximum Gasteiger partial charge on any atom is 0.270 e. The molecule has 6 nitrogen and oxygen atoms in total. The molecule has 0 radical (unpaired) electrons. The largest absolute Gasteiger partial charge is 0.489 e. The molecule has 1 aliphatic carbocycles. The number of amides is 1. The van der Waals surface area contributed by atoms with Crippen molar-refractivity contribution in [2.24, 2.45) is 5.92 Å². The molecule has 130 valence electrons. The van der Waals surface area contributed by atoms with Gasteiger partial charge in [-0.05, 0) is 37.8 Å². The number of hydrogen-bond acceptors (Lipinski definition) is 4. The van der Waals surface area contributed by atoms with Gasteiger partial charge in [-0.15, -0.1) is 0 Å². The quantitative estimate of drug-likeness (QED) is 0.852. The van der Waals surface area contributed by atoms with Crippen LogP contribution in [-0.2, 0) is 0 Å². The Kier molecular flexibility index (Phi) is 5.35. The summed E-state index contributed by atoms with van der Waals surface area (Å²) in [4.78, 5) is 16.6. The average Bonchev–Trinajstić information content (AvgIpc) is 3.05. The second kappa shape index (κ2) is 7.66. The van der Waals surface area contributed by atoms with Gasteiger partial charge < -0.3 is 15.2 Å². The van der Waals surface area contributed by atoms with Crippen molar-refractivity contribution in [3.63, 3.8) is 0 Å². The van der Waals surface area contributed by atoms with E-state index in [0.717, 1.165) is 0 Å². The van der Waals surface area contributed by atoms with Crippen LogP contribution in [-0.4, -0.2) is 39.7 Å². The van der Waals surface area contributed by atoms with Gasteiger partial charge >= 0.3 is 0 Å². The van der Waals surface area contributed by atoms with E-state index in [1.54, 1.807) is 23.7 Å². The molecule has 2 N–H and O–H groups in total. The fraction of sp³-hybridized carbons (Fsp3) is 0.556. The summed E-state index contributed by atoms with van der Waals surface area (Å²) in [6.07, 6.45) is 9.70. The first-order valence-electron chi connectivity index (χ1n) is 8.69. The molecule has 0 spiro atoms. The molecular weight excluding hydrogens is 306 g/mol. The highest BCUT2D eigenvalue weighted by molar-refractivity contribution is 5.93. The summed E-state index contributed by atoms with van der Waals surface area (Å²) in [7, 11) is 0. The number of rotatable bonds is 6. The molecule has 1 atom stereocenters. The van der Waals surface area contributed by atoms with Crippen molar-refractivity contribution in [2.45, 2.75) is 45.1 Å². The Hall–Kier alpha value is -2.08. The molecule has 1 fully saturated rings. The molecule has 0 unspecified atom stereocenters. The van der Waals surface area contributed by atoms with E-state index in [2.05, 4.69) is 10.3 Å². The minimum atomic E-state index is -0.297. The number of ether oxygens (including phenoxy) is 1. The zero-order chi connectivity index (χ0) is 16.9. The van der Waals surface area contributed by atoms with Crippen LogP contribution in [0.15, 0.2) is 24.5 Å². The molecule has 0 saturated heterocycles. The molecule has 0 aromatic carbocycles. The number of carbonyl (C=O) groups is 1. The predicted molar refractivity (Wildman–Crippen MR) is 91.3 cm³/mol. The summed E-state index contributed by atoms with van der Waals surface area (Å²) >= 11 is 0. The van der Waals surface area contributed by atoms with E-state index in [4.69, 9.17) is 9.84 Å². The molecule has 2 aromatic heterocycles. The molecule has 0 aliphatic heterocycles. The number of aliphatic hydroxyl groups is 1. The number of nitrogens with zero attached hydrogens (tertiary/aromatic N) is 2. The van der Waals surface area contributed by atoms with Crippen LogP contribution in [0.2, 0.25) is 0 Å². The van der Waals surface area contributed by atoms with Crippen LogP contribution in [0.3, 0.4) is 0 Å². The standard InChI is InChI=1S/C18H25N3O3/c1-13(11-22)20-18(23)15-10-19-17-16(8-5-9-21(15)17)24-12-14-6-3-2-4-7-14/h5,8-10,13-14,22H,2-4,6-7,11-12H2,1H3,(H,20,23)/t13-/m0/s1. The average molecular weight is 331 g/mol. The van der Waals surface area contributed by atoms with Crippen LogP contribution in [0.5, 0.6) is 5.75 Å². The van der Waals surface area contributed by atoms with E-state index in [0.29, 0.717) is 29.6 Å². The van der Waals surface area contributed by atoms with Gasteiger partial charge in [-0.1, -0.05) is 19.3 Å². The van der Waals surface area contributed by atoms with Crippen molar-refractivity contribution >= 4 is 11.6 Å². The maximum absolute atomic E-state index is 12.3. The van der Waals surface area contributed by atoms with Gasteiger partial charge in [-0.2, -0.15) is 0 Å². The van der Waals surface area contributed by atoms with E-state index in [-0.39, 0.29) is 18.6 Å². The summed E-state index contributed by atoms with van der Waals surface area (Å²) < 4.78 is 7.73. The Labute approximate surface area is 141 Å². The van der Waals surface area contributed by atoms with E-state index < -0.39 is 0 Å². The number of fused-ring (bicyclic) bond motifs is 1. The number of carbonyl (C=O) groups excluding carboxylic acids is 1. The minimum absolute atomic E-state index is 0.0990. The summed E-state index contributed by atoms with van der Waals surface area (Å²) in [5.41, 5.74) is 1.09. The van der Waals surface area contributed by atoms with Gasteiger partial charge in [0.2, 0.25) is 0 Å². The zero-order valence-electron chi connectivity index (χ0n) is 14.1. The molecule has 3 rings (SSSR count). The van der Waals surface area contributed by atoms with Crippen LogP contribution in [0.25, 0.3) is 5.65 Å². The zero-order valence-corrected chi connectivity index (χ0v) is 14.1. The van der Waals surface area contributed by atoms with Crippen LogP contribution in [0.1, 0.15) is 49.5 Å². The Bertz CT molecular complexity index is 692. The molecule has 2 aromatic rings. The first-order chi connectivity index (χ1) is 11.7. The van der Waals surface area contributed by atoms with E-state index >= 15 is 0 Å². The maximum atomic E-state index is 12.3. The lowest BCUT2D eigenvalue weighted by Gasteiger charge is -2.21. The smallest absolute Gasteiger partial charge is 0.270 e. The van der Waals surface area contributed by atoms with Gasteiger partial charge in [0.1, 0.15) is 5.69 Å². The summed E-state index contributed by atoms with van der Waals surface area (Å²) in [6.45, 7) is 2.35. The summed E-state index contributed by atoms with van der Waals surface area (Å²) in [6, 6.07) is 3.45. The third kappa shape index (κ3) is 3.70. The predicted octanol–water partition coefficient (Wildman–Crippen LogP) is 2.40. The number of aliphatic hydroxyl groups excluding tert-OH is 1. The molecule has 1 aliphatic rings. The van der Waals surface area contributed by atoms with Gasteiger partial charge in [-0.25, -0.2) is 4.98 Å².